The van der Waals surface area contributed by atoms with E-state index in [0.717, 1.165) is 6.54 Å². The number of rotatable bonds is 7. The van der Waals surface area contributed by atoms with Crippen molar-refractivity contribution in [2.75, 3.05) is 46.1 Å². The summed E-state index contributed by atoms with van der Waals surface area (Å²) in [5.74, 6) is -1.61. The molecule has 0 aliphatic heterocycles. The number of carbonyl (C=O) groups excluding carboxylic acids is 1. The molecule has 0 fully saturated rings. The van der Waals surface area contributed by atoms with Crippen LogP contribution in [0.3, 0.4) is 0 Å². The lowest BCUT2D eigenvalue weighted by Gasteiger charge is -2.10. The molecule has 1 amide bonds. The van der Waals surface area contributed by atoms with E-state index in [4.69, 9.17) is 10.5 Å². The van der Waals surface area contributed by atoms with Crippen molar-refractivity contribution >= 4 is 11.7 Å². The number of hydrogen-bond acceptors (Lipinski definition) is 5. The van der Waals surface area contributed by atoms with Crippen LogP contribution in [0.25, 0.3) is 0 Å². The van der Waals surface area contributed by atoms with E-state index in [1.807, 2.05) is 19.0 Å². The standard InChI is InChI=1S/C12H19FN4O2/c1-17(2)6-8-19-7-5-16-12(18)9-3-4-15-11(14)10(9)13/h3-4H,5-8H2,1-2H3,(H2,14,15)(H,16,18). The van der Waals surface area contributed by atoms with E-state index in [1.54, 1.807) is 0 Å². The minimum absolute atomic E-state index is 0.110. The van der Waals surface area contributed by atoms with E-state index in [2.05, 4.69) is 10.3 Å². The van der Waals surface area contributed by atoms with Gasteiger partial charge in [0.15, 0.2) is 11.6 Å². The van der Waals surface area contributed by atoms with Crippen LogP contribution in [0, 0.1) is 5.82 Å². The summed E-state index contributed by atoms with van der Waals surface area (Å²) in [5.41, 5.74) is 5.18. The van der Waals surface area contributed by atoms with Crippen LogP contribution < -0.4 is 11.1 Å². The second kappa shape index (κ2) is 7.65. The van der Waals surface area contributed by atoms with Gasteiger partial charge in [-0.25, -0.2) is 9.37 Å². The molecule has 0 aliphatic carbocycles. The van der Waals surface area contributed by atoms with Gasteiger partial charge < -0.3 is 20.7 Å². The van der Waals surface area contributed by atoms with E-state index in [-0.39, 0.29) is 11.4 Å². The summed E-state index contributed by atoms with van der Waals surface area (Å²) in [4.78, 5) is 17.2. The Kier molecular flexibility index (Phi) is 6.17. The maximum absolute atomic E-state index is 13.5. The SMILES string of the molecule is CN(C)CCOCCNC(=O)c1ccnc(N)c1F. The van der Waals surface area contributed by atoms with E-state index >= 15 is 0 Å². The van der Waals surface area contributed by atoms with Gasteiger partial charge in [0.25, 0.3) is 5.91 Å². The number of anilines is 1. The lowest BCUT2D eigenvalue weighted by molar-refractivity contribution is 0.0896. The smallest absolute Gasteiger partial charge is 0.254 e. The third kappa shape index (κ3) is 5.19. The van der Waals surface area contributed by atoms with Gasteiger partial charge >= 0.3 is 0 Å². The fraction of sp³-hybridized carbons (Fsp3) is 0.500. The number of likely N-dealkylation sites (N-methyl/N-ethyl adjacent to an activating group) is 1. The van der Waals surface area contributed by atoms with Crippen molar-refractivity contribution < 1.29 is 13.9 Å². The Morgan fingerprint density at radius 3 is 2.95 bits per heavy atom. The van der Waals surface area contributed by atoms with E-state index in [1.165, 1.54) is 12.3 Å². The second-order valence-corrected chi connectivity index (χ2v) is 4.23. The highest BCUT2D eigenvalue weighted by Crippen LogP contribution is 2.11. The number of halogens is 1. The highest BCUT2D eigenvalue weighted by atomic mass is 19.1. The van der Waals surface area contributed by atoms with Crippen LogP contribution in [0.2, 0.25) is 0 Å². The van der Waals surface area contributed by atoms with Crippen LogP contribution in [-0.4, -0.2) is 56.2 Å². The van der Waals surface area contributed by atoms with E-state index in [9.17, 15) is 9.18 Å². The Morgan fingerprint density at radius 1 is 1.53 bits per heavy atom. The molecule has 3 N–H and O–H groups in total. The summed E-state index contributed by atoms with van der Waals surface area (Å²) in [6.07, 6.45) is 1.29. The minimum atomic E-state index is -0.798. The van der Waals surface area contributed by atoms with Gasteiger partial charge in [-0.15, -0.1) is 0 Å². The predicted octanol–water partition coefficient (Wildman–Crippen LogP) is 0.111. The molecule has 19 heavy (non-hydrogen) atoms. The molecule has 0 aliphatic rings. The molecule has 0 saturated heterocycles. The first-order chi connectivity index (χ1) is 9.02. The van der Waals surface area contributed by atoms with Crippen molar-refractivity contribution in [2.45, 2.75) is 0 Å². The maximum Gasteiger partial charge on any atom is 0.254 e. The van der Waals surface area contributed by atoms with Crippen LogP contribution in [-0.2, 0) is 4.74 Å². The van der Waals surface area contributed by atoms with Crippen molar-refractivity contribution in [1.29, 1.82) is 0 Å². The van der Waals surface area contributed by atoms with Gasteiger partial charge in [0.1, 0.15) is 0 Å². The number of nitrogens with two attached hydrogens (primary N) is 1. The minimum Gasteiger partial charge on any atom is -0.381 e. The fourth-order valence-electron chi connectivity index (χ4n) is 1.32. The van der Waals surface area contributed by atoms with Crippen LogP contribution in [0.4, 0.5) is 10.2 Å². The molecule has 1 aromatic heterocycles. The highest BCUT2D eigenvalue weighted by Gasteiger charge is 2.13. The van der Waals surface area contributed by atoms with E-state index in [0.29, 0.717) is 19.8 Å². The molecule has 0 atom stereocenters. The topological polar surface area (TPSA) is 80.5 Å². The summed E-state index contributed by atoms with van der Waals surface area (Å²) >= 11 is 0. The van der Waals surface area contributed by atoms with Gasteiger partial charge in [0.2, 0.25) is 0 Å². The van der Waals surface area contributed by atoms with Crippen molar-refractivity contribution in [3.05, 3.63) is 23.6 Å². The molecule has 106 valence electrons. The van der Waals surface area contributed by atoms with E-state index < -0.39 is 11.7 Å². The Bertz CT molecular complexity index is 426. The summed E-state index contributed by atoms with van der Waals surface area (Å²) < 4.78 is 18.8. The van der Waals surface area contributed by atoms with Crippen LogP contribution in [0.15, 0.2) is 12.3 Å². The molecule has 1 aromatic rings. The zero-order valence-electron chi connectivity index (χ0n) is 11.1. The molecule has 6 nitrogen and oxygen atoms in total. The largest absolute Gasteiger partial charge is 0.381 e. The number of nitrogens with zero attached hydrogens (tertiary/aromatic N) is 2. The molecular formula is C12H19FN4O2. The van der Waals surface area contributed by atoms with Crippen molar-refractivity contribution in [2.24, 2.45) is 0 Å². The lowest BCUT2D eigenvalue weighted by Crippen LogP contribution is -2.29. The number of nitrogens with one attached hydrogen (secondary N) is 1. The molecule has 1 rings (SSSR count). The average Bonchev–Trinajstić information content (AvgIpc) is 2.36. The summed E-state index contributed by atoms with van der Waals surface area (Å²) in [6.45, 7) is 2.08. The first kappa shape index (κ1) is 15.3. The van der Waals surface area contributed by atoms with Crippen molar-refractivity contribution in [3.8, 4) is 0 Å². The van der Waals surface area contributed by atoms with Crippen molar-refractivity contribution in [3.63, 3.8) is 0 Å². The van der Waals surface area contributed by atoms with Gasteiger partial charge in [0, 0.05) is 19.3 Å². The quantitative estimate of drug-likeness (QED) is 0.687. The Labute approximate surface area is 111 Å². The first-order valence-corrected chi connectivity index (χ1v) is 5.93. The van der Waals surface area contributed by atoms with Crippen LogP contribution in [0.5, 0.6) is 0 Å². The Hall–Kier alpha value is -1.73. The molecule has 0 saturated carbocycles. The number of carbonyl (C=O) groups is 1. The molecule has 0 unspecified atom stereocenters. The third-order valence-corrected chi connectivity index (χ3v) is 2.38. The molecule has 0 aromatic carbocycles. The van der Waals surface area contributed by atoms with Crippen LogP contribution >= 0.6 is 0 Å². The number of nitrogen functional groups attached to an aromatic ring is 1. The highest BCUT2D eigenvalue weighted by molar-refractivity contribution is 5.95. The Morgan fingerprint density at radius 2 is 2.26 bits per heavy atom. The molecule has 0 radical (unpaired) electrons. The number of pyridine rings is 1. The molecular weight excluding hydrogens is 251 g/mol. The summed E-state index contributed by atoms with van der Waals surface area (Å²) in [7, 11) is 3.89. The number of ether oxygens (including phenoxy) is 1. The van der Waals surface area contributed by atoms with Gasteiger partial charge in [-0.1, -0.05) is 0 Å². The zero-order valence-corrected chi connectivity index (χ0v) is 11.1. The fourth-order valence-corrected chi connectivity index (χ4v) is 1.32. The Balaban J connectivity index is 2.30. The monoisotopic (exact) mass is 270 g/mol. The average molecular weight is 270 g/mol. The zero-order chi connectivity index (χ0) is 14.3. The third-order valence-electron chi connectivity index (χ3n) is 2.38. The molecule has 0 spiro atoms. The predicted molar refractivity (Wildman–Crippen MR) is 70.3 cm³/mol. The maximum atomic E-state index is 13.5. The van der Waals surface area contributed by atoms with Gasteiger partial charge in [0.05, 0.1) is 18.8 Å². The lowest BCUT2D eigenvalue weighted by atomic mass is 10.2. The molecule has 0 bridgehead atoms. The van der Waals surface area contributed by atoms with Crippen molar-refractivity contribution in [1.82, 2.24) is 15.2 Å². The molecule has 1 heterocycles. The molecule has 7 heteroatoms. The first-order valence-electron chi connectivity index (χ1n) is 5.93. The van der Waals surface area contributed by atoms with Crippen LogP contribution in [0.1, 0.15) is 10.4 Å². The normalized spacial score (nSPS) is 10.7. The number of hydrogen-bond donors (Lipinski definition) is 2. The number of amides is 1. The second-order valence-electron chi connectivity index (χ2n) is 4.23. The van der Waals surface area contributed by atoms with Gasteiger partial charge in [-0.3, -0.25) is 4.79 Å². The van der Waals surface area contributed by atoms with Gasteiger partial charge in [-0.2, -0.15) is 0 Å². The summed E-state index contributed by atoms with van der Waals surface area (Å²) in [5, 5.41) is 2.55. The van der Waals surface area contributed by atoms with Gasteiger partial charge in [-0.05, 0) is 20.2 Å². The number of aromatic nitrogens is 1. The summed E-state index contributed by atoms with van der Waals surface area (Å²) in [6, 6.07) is 1.29.